The van der Waals surface area contributed by atoms with Crippen molar-refractivity contribution in [3.05, 3.63) is 0 Å². The van der Waals surface area contributed by atoms with Gasteiger partial charge in [0.1, 0.15) is 0 Å². The second kappa shape index (κ2) is 2.49. The van der Waals surface area contributed by atoms with Gasteiger partial charge in [-0.2, -0.15) is 0 Å². The van der Waals surface area contributed by atoms with Crippen molar-refractivity contribution < 1.29 is 9.90 Å². The van der Waals surface area contributed by atoms with Gasteiger partial charge >= 0.3 is 5.97 Å². The van der Waals surface area contributed by atoms with Gasteiger partial charge in [0, 0.05) is 0 Å². The van der Waals surface area contributed by atoms with Gasteiger partial charge in [-0.1, -0.05) is 20.8 Å². The number of carbonyl (C=O) groups is 1. The normalized spacial score (nSPS) is 46.7. The minimum Gasteiger partial charge on any atom is -0.481 e. The lowest BCUT2D eigenvalue weighted by Gasteiger charge is -2.61. The van der Waals surface area contributed by atoms with Gasteiger partial charge in [-0.25, -0.2) is 0 Å². The molecule has 2 nitrogen and oxygen atoms in total. The van der Waals surface area contributed by atoms with Gasteiger partial charge in [0.2, 0.25) is 0 Å². The van der Waals surface area contributed by atoms with Crippen LogP contribution in [-0.4, -0.2) is 11.1 Å². The lowest BCUT2D eigenvalue weighted by atomic mass is 9.43. The molecule has 3 saturated carbocycles. The molecule has 0 heterocycles. The van der Waals surface area contributed by atoms with Crippen molar-refractivity contribution in [2.45, 2.75) is 33.6 Å². The van der Waals surface area contributed by atoms with Crippen LogP contribution in [0.25, 0.3) is 0 Å². The second-order valence-corrected chi connectivity index (χ2v) is 5.40. The molecule has 4 atom stereocenters. The Kier molecular flexibility index (Phi) is 1.73. The fraction of sp³-hybridized carbons (Fsp3) is 0.909. The highest BCUT2D eigenvalue weighted by molar-refractivity contribution is 5.70. The first kappa shape index (κ1) is 9.04. The molecule has 3 aliphatic carbocycles. The zero-order chi connectivity index (χ0) is 9.80. The standard InChI is InChI=1S/C11H18O2/c1-6-8(10(12)13)4-7-5-9(6)11(7,2)3/h6-9H,4-5H2,1-3H3,(H,12,13)/t6-,7-,8-,9-/m0/s1. The number of hydrogen-bond donors (Lipinski definition) is 1. The minimum absolute atomic E-state index is 0.0724. The van der Waals surface area contributed by atoms with Gasteiger partial charge in [-0.05, 0) is 36.0 Å². The van der Waals surface area contributed by atoms with Crippen LogP contribution in [-0.2, 0) is 4.79 Å². The Hall–Kier alpha value is -0.530. The number of fused-ring (bicyclic) bond motifs is 2. The van der Waals surface area contributed by atoms with E-state index in [1.807, 2.05) is 0 Å². The van der Waals surface area contributed by atoms with Crippen molar-refractivity contribution >= 4 is 5.97 Å². The summed E-state index contributed by atoms with van der Waals surface area (Å²) in [6, 6.07) is 0. The summed E-state index contributed by atoms with van der Waals surface area (Å²) in [7, 11) is 0. The smallest absolute Gasteiger partial charge is 0.306 e. The molecule has 0 saturated heterocycles. The van der Waals surface area contributed by atoms with E-state index in [-0.39, 0.29) is 5.92 Å². The third kappa shape index (κ3) is 1.04. The molecule has 0 unspecified atom stereocenters. The van der Waals surface area contributed by atoms with E-state index in [4.69, 9.17) is 5.11 Å². The maximum absolute atomic E-state index is 10.9. The van der Waals surface area contributed by atoms with Crippen molar-refractivity contribution in [2.24, 2.45) is 29.1 Å². The van der Waals surface area contributed by atoms with Crippen molar-refractivity contribution in [2.75, 3.05) is 0 Å². The molecule has 0 aromatic rings. The Balaban J connectivity index is 2.16. The summed E-state index contributed by atoms with van der Waals surface area (Å²) in [5.41, 5.74) is 0.408. The van der Waals surface area contributed by atoms with Crippen molar-refractivity contribution in [1.29, 1.82) is 0 Å². The van der Waals surface area contributed by atoms with E-state index >= 15 is 0 Å². The van der Waals surface area contributed by atoms with Gasteiger partial charge in [0.25, 0.3) is 0 Å². The SMILES string of the molecule is C[C@H]1[C@@H](C(=O)O)C[C@H]2C[C@@H]1C2(C)C. The zero-order valence-electron chi connectivity index (χ0n) is 8.58. The first-order valence-corrected chi connectivity index (χ1v) is 5.17. The van der Waals surface area contributed by atoms with Crippen LogP contribution in [0.3, 0.4) is 0 Å². The summed E-state index contributed by atoms with van der Waals surface area (Å²) in [6.45, 7) is 6.70. The Morgan fingerprint density at radius 1 is 1.38 bits per heavy atom. The summed E-state index contributed by atoms with van der Waals surface area (Å²) in [4.78, 5) is 10.9. The molecule has 74 valence electrons. The topological polar surface area (TPSA) is 37.3 Å². The summed E-state index contributed by atoms with van der Waals surface area (Å²) < 4.78 is 0. The number of hydrogen-bond acceptors (Lipinski definition) is 1. The quantitative estimate of drug-likeness (QED) is 0.676. The first-order chi connectivity index (χ1) is 5.94. The predicted molar refractivity (Wildman–Crippen MR) is 50.3 cm³/mol. The predicted octanol–water partition coefficient (Wildman–Crippen LogP) is 2.39. The Labute approximate surface area is 79.3 Å². The maximum Gasteiger partial charge on any atom is 0.306 e. The van der Waals surface area contributed by atoms with E-state index in [0.29, 0.717) is 23.2 Å². The molecule has 3 aliphatic rings. The summed E-state index contributed by atoms with van der Waals surface area (Å²) in [5.74, 6) is 1.02. The fourth-order valence-electron chi connectivity index (χ4n) is 3.48. The third-order valence-electron chi connectivity index (χ3n) is 4.67. The molecule has 2 heteroatoms. The Bertz CT molecular complexity index is 244. The van der Waals surface area contributed by atoms with Crippen LogP contribution in [0.15, 0.2) is 0 Å². The number of aliphatic carboxylic acids is 1. The molecule has 3 fully saturated rings. The molecule has 0 radical (unpaired) electrons. The Morgan fingerprint density at radius 2 is 2.00 bits per heavy atom. The second-order valence-electron chi connectivity index (χ2n) is 5.40. The molecule has 0 aliphatic heterocycles. The summed E-state index contributed by atoms with van der Waals surface area (Å²) in [5, 5.41) is 9.02. The molecular weight excluding hydrogens is 164 g/mol. The van der Waals surface area contributed by atoms with Crippen molar-refractivity contribution in [1.82, 2.24) is 0 Å². The van der Waals surface area contributed by atoms with Crippen molar-refractivity contribution in [3.63, 3.8) is 0 Å². The van der Waals surface area contributed by atoms with E-state index in [9.17, 15) is 4.79 Å². The molecule has 1 N–H and O–H groups in total. The number of rotatable bonds is 1. The molecule has 3 rings (SSSR count). The average Bonchev–Trinajstić information content (AvgIpc) is 2.02. The van der Waals surface area contributed by atoms with Gasteiger partial charge in [0.05, 0.1) is 5.92 Å². The Morgan fingerprint density at radius 3 is 2.38 bits per heavy atom. The van der Waals surface area contributed by atoms with Gasteiger partial charge in [0.15, 0.2) is 0 Å². The zero-order valence-corrected chi connectivity index (χ0v) is 8.58. The van der Waals surface area contributed by atoms with Crippen LogP contribution in [0.4, 0.5) is 0 Å². The number of carboxylic acid groups (broad SMARTS) is 1. The maximum atomic E-state index is 10.9. The van der Waals surface area contributed by atoms with E-state index in [0.717, 1.165) is 6.42 Å². The van der Waals surface area contributed by atoms with Crippen LogP contribution in [0.2, 0.25) is 0 Å². The lowest BCUT2D eigenvalue weighted by molar-refractivity contribution is -0.167. The van der Waals surface area contributed by atoms with Gasteiger partial charge in [-0.15, -0.1) is 0 Å². The van der Waals surface area contributed by atoms with E-state index in [1.54, 1.807) is 0 Å². The molecule has 2 bridgehead atoms. The van der Waals surface area contributed by atoms with E-state index in [1.165, 1.54) is 6.42 Å². The van der Waals surface area contributed by atoms with Crippen LogP contribution in [0.5, 0.6) is 0 Å². The molecule has 13 heavy (non-hydrogen) atoms. The molecular formula is C11H18O2. The molecule has 0 aromatic carbocycles. The third-order valence-corrected chi connectivity index (χ3v) is 4.67. The molecule has 0 amide bonds. The number of carboxylic acids is 1. The minimum atomic E-state index is -0.585. The molecule has 0 spiro atoms. The largest absolute Gasteiger partial charge is 0.481 e. The fourth-order valence-corrected chi connectivity index (χ4v) is 3.48. The first-order valence-electron chi connectivity index (χ1n) is 5.17. The van der Waals surface area contributed by atoms with Crippen LogP contribution in [0.1, 0.15) is 33.6 Å². The average molecular weight is 182 g/mol. The van der Waals surface area contributed by atoms with Gasteiger partial charge < -0.3 is 5.11 Å². The van der Waals surface area contributed by atoms with Crippen LogP contribution in [0, 0.1) is 29.1 Å². The molecule has 0 aromatic heterocycles. The van der Waals surface area contributed by atoms with Crippen LogP contribution < -0.4 is 0 Å². The monoisotopic (exact) mass is 182 g/mol. The highest BCUT2D eigenvalue weighted by Gasteiger charge is 2.57. The van der Waals surface area contributed by atoms with Crippen molar-refractivity contribution in [3.8, 4) is 0 Å². The summed E-state index contributed by atoms with van der Waals surface area (Å²) in [6.07, 6.45) is 2.16. The van der Waals surface area contributed by atoms with E-state index < -0.39 is 5.97 Å². The highest BCUT2D eigenvalue weighted by Crippen LogP contribution is 2.62. The highest BCUT2D eigenvalue weighted by atomic mass is 16.4. The lowest BCUT2D eigenvalue weighted by Crippen LogP contribution is -2.56. The van der Waals surface area contributed by atoms with Gasteiger partial charge in [-0.3, -0.25) is 4.79 Å². The summed E-state index contributed by atoms with van der Waals surface area (Å²) >= 11 is 0. The van der Waals surface area contributed by atoms with Crippen LogP contribution >= 0.6 is 0 Å². The van der Waals surface area contributed by atoms with E-state index in [2.05, 4.69) is 20.8 Å².